The molecule has 29 heavy (non-hydrogen) atoms. The average Bonchev–Trinajstić information content (AvgIpc) is 3.19. The molecular weight excluding hydrogens is 421 g/mol. The third-order valence-corrected chi connectivity index (χ3v) is 4.36. The SMILES string of the molecule is Cc1nn(Cc2c(F)c(F)c(F)c(F)c2F)c(C)c1NC(=O)Cn1cc(Cl)cn1. The summed E-state index contributed by atoms with van der Waals surface area (Å²) in [6.07, 6.45) is 2.79. The van der Waals surface area contributed by atoms with Crippen molar-refractivity contribution in [3.63, 3.8) is 0 Å². The molecule has 2 aromatic heterocycles. The molecule has 0 aliphatic rings. The Morgan fingerprint density at radius 1 is 1.07 bits per heavy atom. The number of nitrogens with zero attached hydrogens (tertiary/aromatic N) is 4. The first-order valence-electron chi connectivity index (χ1n) is 8.12. The fraction of sp³-hybridized carbons (Fsp3) is 0.235. The molecule has 1 aromatic carbocycles. The zero-order valence-corrected chi connectivity index (χ0v) is 15.8. The molecule has 3 rings (SSSR count). The molecule has 154 valence electrons. The molecule has 0 bridgehead atoms. The molecule has 2 heterocycles. The van der Waals surface area contributed by atoms with Gasteiger partial charge in [-0.2, -0.15) is 10.2 Å². The average molecular weight is 434 g/mol. The minimum absolute atomic E-state index is 0.158. The summed E-state index contributed by atoms with van der Waals surface area (Å²) in [5.74, 6) is -10.7. The number of rotatable bonds is 5. The smallest absolute Gasteiger partial charge is 0.246 e. The van der Waals surface area contributed by atoms with Gasteiger partial charge in [-0.3, -0.25) is 14.2 Å². The number of amides is 1. The summed E-state index contributed by atoms with van der Waals surface area (Å²) in [6, 6.07) is 0. The zero-order valence-electron chi connectivity index (χ0n) is 15.0. The number of benzene rings is 1. The maximum absolute atomic E-state index is 13.9. The number of anilines is 1. The lowest BCUT2D eigenvalue weighted by Crippen LogP contribution is -2.20. The van der Waals surface area contributed by atoms with Crippen LogP contribution in [-0.2, 0) is 17.9 Å². The van der Waals surface area contributed by atoms with E-state index in [4.69, 9.17) is 11.6 Å². The van der Waals surface area contributed by atoms with Crippen molar-refractivity contribution in [3.05, 3.63) is 63.5 Å². The molecule has 1 amide bonds. The van der Waals surface area contributed by atoms with Gasteiger partial charge >= 0.3 is 0 Å². The highest BCUT2D eigenvalue weighted by Gasteiger charge is 2.27. The summed E-state index contributed by atoms with van der Waals surface area (Å²) in [4.78, 5) is 12.2. The molecule has 0 atom stereocenters. The highest BCUT2D eigenvalue weighted by atomic mass is 35.5. The van der Waals surface area contributed by atoms with Crippen LogP contribution in [0.4, 0.5) is 27.6 Å². The number of aromatic nitrogens is 4. The second-order valence-electron chi connectivity index (χ2n) is 6.16. The summed E-state index contributed by atoms with van der Waals surface area (Å²) in [7, 11) is 0. The van der Waals surface area contributed by atoms with E-state index < -0.39 is 47.1 Å². The van der Waals surface area contributed by atoms with Crippen LogP contribution in [0.2, 0.25) is 5.02 Å². The first kappa shape index (κ1) is 20.8. The number of aryl methyl sites for hydroxylation is 1. The van der Waals surface area contributed by atoms with E-state index in [1.54, 1.807) is 0 Å². The Morgan fingerprint density at radius 2 is 1.66 bits per heavy atom. The number of carbonyl (C=O) groups is 1. The van der Waals surface area contributed by atoms with Crippen LogP contribution in [0.3, 0.4) is 0 Å². The molecule has 0 unspecified atom stereocenters. The Kier molecular flexibility index (Phi) is 5.60. The van der Waals surface area contributed by atoms with Gasteiger partial charge in [0.15, 0.2) is 23.3 Å². The molecule has 0 aliphatic carbocycles. The van der Waals surface area contributed by atoms with Gasteiger partial charge in [-0.15, -0.1) is 0 Å². The van der Waals surface area contributed by atoms with Gasteiger partial charge in [0.2, 0.25) is 11.7 Å². The van der Waals surface area contributed by atoms with E-state index in [0.29, 0.717) is 10.7 Å². The van der Waals surface area contributed by atoms with Gasteiger partial charge in [0.05, 0.1) is 40.4 Å². The van der Waals surface area contributed by atoms with E-state index in [9.17, 15) is 26.7 Å². The molecule has 0 aliphatic heterocycles. The van der Waals surface area contributed by atoms with E-state index in [0.717, 1.165) is 4.68 Å². The summed E-state index contributed by atoms with van der Waals surface area (Å²) in [6.45, 7) is 2.12. The Morgan fingerprint density at radius 3 is 2.21 bits per heavy atom. The molecule has 12 heteroatoms. The first-order chi connectivity index (χ1) is 13.6. The quantitative estimate of drug-likeness (QED) is 0.379. The standard InChI is InChI=1S/C17H13ClF5N5O/c1-7-17(25-11(29)6-27-4-9(18)3-24-27)8(2)28(26-7)5-10-12(19)14(21)16(23)15(22)13(10)20/h3-4H,5-6H2,1-2H3,(H,25,29). The largest absolute Gasteiger partial charge is 0.321 e. The van der Waals surface area contributed by atoms with Gasteiger partial charge in [-0.25, -0.2) is 22.0 Å². The molecule has 0 fully saturated rings. The van der Waals surface area contributed by atoms with E-state index in [-0.39, 0.29) is 17.9 Å². The molecule has 0 saturated carbocycles. The second kappa shape index (κ2) is 7.82. The van der Waals surface area contributed by atoms with Crippen LogP contribution < -0.4 is 5.32 Å². The summed E-state index contributed by atoms with van der Waals surface area (Å²) in [5, 5.41) is 10.8. The van der Waals surface area contributed by atoms with Crippen molar-refractivity contribution in [2.45, 2.75) is 26.9 Å². The lowest BCUT2D eigenvalue weighted by molar-refractivity contribution is -0.116. The van der Waals surface area contributed by atoms with Crippen molar-refractivity contribution in [2.24, 2.45) is 0 Å². The Bertz CT molecular complexity index is 1080. The van der Waals surface area contributed by atoms with Gasteiger partial charge in [0.25, 0.3) is 0 Å². The molecular formula is C17H13ClF5N5O. The van der Waals surface area contributed by atoms with Gasteiger partial charge in [-0.1, -0.05) is 11.6 Å². The zero-order chi connectivity index (χ0) is 21.5. The van der Waals surface area contributed by atoms with Crippen LogP contribution >= 0.6 is 11.6 Å². The number of hydrogen-bond donors (Lipinski definition) is 1. The molecule has 0 spiro atoms. The molecule has 6 nitrogen and oxygen atoms in total. The lowest BCUT2D eigenvalue weighted by Gasteiger charge is -2.10. The van der Waals surface area contributed by atoms with Crippen LogP contribution in [0.25, 0.3) is 0 Å². The van der Waals surface area contributed by atoms with Gasteiger partial charge in [0.1, 0.15) is 6.54 Å². The number of carbonyl (C=O) groups excluding carboxylic acids is 1. The highest BCUT2D eigenvalue weighted by molar-refractivity contribution is 6.30. The van der Waals surface area contributed by atoms with E-state index in [1.807, 2.05) is 0 Å². The van der Waals surface area contributed by atoms with Gasteiger partial charge < -0.3 is 5.32 Å². The maximum atomic E-state index is 13.9. The predicted octanol–water partition coefficient (Wildman–Crippen LogP) is 3.73. The highest BCUT2D eigenvalue weighted by Crippen LogP contribution is 2.26. The monoisotopic (exact) mass is 433 g/mol. The normalized spacial score (nSPS) is 11.2. The number of nitrogens with one attached hydrogen (secondary N) is 1. The van der Waals surface area contributed by atoms with Crippen LogP contribution in [0.1, 0.15) is 17.0 Å². The van der Waals surface area contributed by atoms with Gasteiger partial charge in [0, 0.05) is 6.20 Å². The molecule has 3 aromatic rings. The van der Waals surface area contributed by atoms with Crippen LogP contribution in [0.15, 0.2) is 12.4 Å². The molecule has 0 radical (unpaired) electrons. The second-order valence-corrected chi connectivity index (χ2v) is 6.59. The molecule has 1 N–H and O–H groups in total. The summed E-state index contributed by atoms with van der Waals surface area (Å²) < 4.78 is 70.2. The van der Waals surface area contributed by atoms with Crippen LogP contribution in [-0.4, -0.2) is 25.5 Å². The fourth-order valence-electron chi connectivity index (χ4n) is 2.72. The minimum atomic E-state index is -2.23. The van der Waals surface area contributed by atoms with E-state index in [1.165, 1.54) is 30.9 Å². The van der Waals surface area contributed by atoms with Crippen molar-refractivity contribution >= 4 is 23.2 Å². The Labute approximate surface area is 165 Å². The lowest BCUT2D eigenvalue weighted by atomic mass is 10.1. The van der Waals surface area contributed by atoms with Crippen molar-refractivity contribution in [1.82, 2.24) is 19.6 Å². The maximum Gasteiger partial charge on any atom is 0.246 e. The molecule has 0 saturated heterocycles. The Hall–Kier alpha value is -2.95. The Balaban J connectivity index is 1.86. The topological polar surface area (TPSA) is 64.7 Å². The summed E-state index contributed by atoms with van der Waals surface area (Å²) in [5.41, 5.74) is -0.232. The third kappa shape index (κ3) is 3.95. The van der Waals surface area contributed by atoms with Gasteiger partial charge in [-0.05, 0) is 13.8 Å². The fourth-order valence-corrected chi connectivity index (χ4v) is 2.88. The predicted molar refractivity (Wildman–Crippen MR) is 92.9 cm³/mol. The van der Waals surface area contributed by atoms with Crippen molar-refractivity contribution < 1.29 is 26.7 Å². The van der Waals surface area contributed by atoms with E-state index >= 15 is 0 Å². The summed E-state index contributed by atoms with van der Waals surface area (Å²) >= 11 is 5.73. The van der Waals surface area contributed by atoms with Crippen molar-refractivity contribution in [3.8, 4) is 0 Å². The van der Waals surface area contributed by atoms with Crippen molar-refractivity contribution in [1.29, 1.82) is 0 Å². The van der Waals surface area contributed by atoms with Crippen LogP contribution in [0.5, 0.6) is 0 Å². The van der Waals surface area contributed by atoms with Crippen LogP contribution in [0, 0.1) is 42.9 Å². The number of halogens is 6. The first-order valence-corrected chi connectivity index (χ1v) is 8.50. The number of hydrogen-bond acceptors (Lipinski definition) is 3. The van der Waals surface area contributed by atoms with E-state index in [2.05, 4.69) is 15.5 Å². The van der Waals surface area contributed by atoms with Crippen molar-refractivity contribution in [2.75, 3.05) is 5.32 Å². The third-order valence-electron chi connectivity index (χ3n) is 4.16. The minimum Gasteiger partial charge on any atom is -0.321 e.